The molecule has 0 spiro atoms. The van der Waals surface area contributed by atoms with Crippen molar-refractivity contribution in [3.8, 4) is 11.5 Å². The largest absolute Gasteiger partial charge is 0.493 e. The summed E-state index contributed by atoms with van der Waals surface area (Å²) in [6.07, 6.45) is 2.64. The van der Waals surface area contributed by atoms with Crippen LogP contribution >= 0.6 is 24.0 Å². The summed E-state index contributed by atoms with van der Waals surface area (Å²) >= 11 is 0. The Hall–Kier alpha value is -1.22. The molecule has 2 unspecified atom stereocenters. The molecule has 1 aromatic carbocycles. The Morgan fingerprint density at radius 3 is 2.44 bits per heavy atom. The Balaban J connectivity index is 0.00000364. The van der Waals surface area contributed by atoms with E-state index in [1.54, 1.807) is 7.11 Å². The summed E-state index contributed by atoms with van der Waals surface area (Å²) < 4.78 is 11.3. The third-order valence-electron chi connectivity index (χ3n) is 4.56. The molecule has 2 atom stereocenters. The highest BCUT2D eigenvalue weighted by atomic mass is 127. The molecule has 27 heavy (non-hydrogen) atoms. The van der Waals surface area contributed by atoms with E-state index < -0.39 is 0 Å². The predicted molar refractivity (Wildman–Crippen MR) is 123 cm³/mol. The van der Waals surface area contributed by atoms with Crippen molar-refractivity contribution in [3.63, 3.8) is 0 Å². The van der Waals surface area contributed by atoms with E-state index in [4.69, 9.17) is 14.5 Å². The molecule has 1 aromatic rings. The van der Waals surface area contributed by atoms with Gasteiger partial charge >= 0.3 is 0 Å². The number of methoxy groups -OCH3 is 1. The SMILES string of the molecule is CCNC(=NCC(C1CC1)N(C)C)NCC(C)Oc1ccccc1OC.I. The normalized spacial score (nSPS) is 16.3. The molecule has 1 fully saturated rings. The van der Waals surface area contributed by atoms with Gasteiger partial charge in [0.15, 0.2) is 17.5 Å². The van der Waals surface area contributed by atoms with Crippen LogP contribution in [-0.4, -0.2) is 63.8 Å². The second kappa shape index (κ2) is 12.3. The highest BCUT2D eigenvalue weighted by molar-refractivity contribution is 14.0. The van der Waals surface area contributed by atoms with E-state index in [2.05, 4.69) is 36.6 Å². The number of para-hydroxylation sites is 2. The molecule has 6 nitrogen and oxygen atoms in total. The molecule has 1 aliphatic carbocycles. The summed E-state index contributed by atoms with van der Waals surface area (Å²) in [4.78, 5) is 7.07. The molecule has 1 saturated carbocycles. The van der Waals surface area contributed by atoms with Gasteiger partial charge in [-0.15, -0.1) is 24.0 Å². The molecular formula is C20H35IN4O2. The van der Waals surface area contributed by atoms with Gasteiger partial charge in [0, 0.05) is 12.6 Å². The third-order valence-corrected chi connectivity index (χ3v) is 4.56. The number of ether oxygens (including phenoxy) is 2. The van der Waals surface area contributed by atoms with Gasteiger partial charge in [-0.2, -0.15) is 0 Å². The summed E-state index contributed by atoms with van der Waals surface area (Å²) in [6, 6.07) is 8.23. The highest BCUT2D eigenvalue weighted by Crippen LogP contribution is 2.34. The maximum Gasteiger partial charge on any atom is 0.191 e. The molecule has 0 aromatic heterocycles. The molecule has 1 aliphatic rings. The van der Waals surface area contributed by atoms with E-state index >= 15 is 0 Å². The van der Waals surface area contributed by atoms with Gasteiger partial charge in [0.25, 0.3) is 0 Å². The Morgan fingerprint density at radius 2 is 1.89 bits per heavy atom. The zero-order chi connectivity index (χ0) is 18.9. The predicted octanol–water partition coefficient (Wildman–Crippen LogP) is 2.98. The topological polar surface area (TPSA) is 58.1 Å². The molecule has 0 radical (unpaired) electrons. The Bertz CT molecular complexity index is 577. The van der Waals surface area contributed by atoms with Gasteiger partial charge in [0.1, 0.15) is 6.10 Å². The monoisotopic (exact) mass is 490 g/mol. The van der Waals surface area contributed by atoms with Gasteiger partial charge in [-0.05, 0) is 58.8 Å². The lowest BCUT2D eigenvalue weighted by Gasteiger charge is -2.23. The number of nitrogens with one attached hydrogen (secondary N) is 2. The van der Waals surface area contributed by atoms with Crippen molar-refractivity contribution in [2.24, 2.45) is 10.9 Å². The van der Waals surface area contributed by atoms with E-state index in [1.165, 1.54) is 12.8 Å². The quantitative estimate of drug-likeness (QED) is 0.300. The minimum Gasteiger partial charge on any atom is -0.493 e. The average Bonchev–Trinajstić information content (AvgIpc) is 3.45. The number of guanidine groups is 1. The number of benzene rings is 1. The fraction of sp³-hybridized carbons (Fsp3) is 0.650. The van der Waals surface area contributed by atoms with Crippen LogP contribution < -0.4 is 20.1 Å². The van der Waals surface area contributed by atoms with Crippen LogP contribution in [0.15, 0.2) is 29.3 Å². The maximum absolute atomic E-state index is 6.00. The molecule has 154 valence electrons. The third kappa shape index (κ3) is 8.13. The van der Waals surface area contributed by atoms with Gasteiger partial charge in [-0.3, -0.25) is 4.99 Å². The van der Waals surface area contributed by atoms with Crippen LogP contribution in [0.2, 0.25) is 0 Å². The molecule has 7 heteroatoms. The lowest BCUT2D eigenvalue weighted by molar-refractivity contribution is 0.213. The fourth-order valence-electron chi connectivity index (χ4n) is 2.96. The Morgan fingerprint density at radius 1 is 1.22 bits per heavy atom. The van der Waals surface area contributed by atoms with E-state index in [-0.39, 0.29) is 30.1 Å². The molecular weight excluding hydrogens is 455 g/mol. The summed E-state index contributed by atoms with van der Waals surface area (Å²) in [7, 11) is 5.94. The van der Waals surface area contributed by atoms with Crippen LogP contribution in [0.25, 0.3) is 0 Å². The van der Waals surface area contributed by atoms with Crippen molar-refractivity contribution in [1.29, 1.82) is 0 Å². The zero-order valence-corrected chi connectivity index (χ0v) is 19.5. The van der Waals surface area contributed by atoms with E-state index in [1.807, 2.05) is 31.2 Å². The lowest BCUT2D eigenvalue weighted by Crippen LogP contribution is -2.43. The molecule has 0 heterocycles. The van der Waals surface area contributed by atoms with Crippen molar-refractivity contribution < 1.29 is 9.47 Å². The van der Waals surface area contributed by atoms with E-state index in [0.29, 0.717) is 12.6 Å². The Labute approximate surface area is 181 Å². The number of hydrogen-bond donors (Lipinski definition) is 2. The summed E-state index contributed by atoms with van der Waals surface area (Å²) in [6.45, 7) is 6.43. The molecule has 0 bridgehead atoms. The zero-order valence-electron chi connectivity index (χ0n) is 17.2. The van der Waals surface area contributed by atoms with Gasteiger partial charge in [-0.1, -0.05) is 12.1 Å². The van der Waals surface area contributed by atoms with E-state index in [9.17, 15) is 0 Å². The second-order valence-corrected chi connectivity index (χ2v) is 7.05. The van der Waals surface area contributed by atoms with Crippen LogP contribution in [0.4, 0.5) is 0 Å². The molecule has 2 N–H and O–H groups in total. The van der Waals surface area contributed by atoms with Crippen LogP contribution in [-0.2, 0) is 0 Å². The molecule has 0 amide bonds. The van der Waals surface area contributed by atoms with Gasteiger partial charge in [0.2, 0.25) is 0 Å². The smallest absolute Gasteiger partial charge is 0.191 e. The average molecular weight is 490 g/mol. The van der Waals surface area contributed by atoms with Crippen LogP contribution in [0.3, 0.4) is 0 Å². The molecule has 0 saturated heterocycles. The number of aliphatic imine (C=N–C) groups is 1. The minimum absolute atomic E-state index is 0. The van der Waals surface area contributed by atoms with E-state index in [0.717, 1.165) is 36.5 Å². The number of nitrogens with zero attached hydrogens (tertiary/aromatic N) is 2. The van der Waals surface area contributed by atoms with Crippen molar-refractivity contribution in [2.45, 2.75) is 38.8 Å². The Kier molecular flexibility index (Phi) is 10.8. The first kappa shape index (κ1) is 23.8. The van der Waals surface area contributed by atoms with Crippen LogP contribution in [0, 0.1) is 5.92 Å². The van der Waals surface area contributed by atoms with Gasteiger partial charge in [-0.25, -0.2) is 0 Å². The van der Waals surface area contributed by atoms with Gasteiger partial charge in [0.05, 0.1) is 20.2 Å². The van der Waals surface area contributed by atoms with Crippen LogP contribution in [0.1, 0.15) is 26.7 Å². The number of likely N-dealkylation sites (N-methyl/N-ethyl adjacent to an activating group) is 1. The first-order valence-electron chi connectivity index (χ1n) is 9.53. The number of halogens is 1. The van der Waals surface area contributed by atoms with Crippen molar-refractivity contribution in [2.75, 3.05) is 40.8 Å². The summed E-state index contributed by atoms with van der Waals surface area (Å²) in [5.74, 6) is 3.14. The summed E-state index contributed by atoms with van der Waals surface area (Å²) in [5, 5.41) is 6.70. The van der Waals surface area contributed by atoms with Crippen LogP contribution in [0.5, 0.6) is 11.5 Å². The minimum atomic E-state index is -0.0109. The second-order valence-electron chi connectivity index (χ2n) is 7.05. The number of rotatable bonds is 10. The fourth-order valence-corrected chi connectivity index (χ4v) is 2.96. The number of hydrogen-bond acceptors (Lipinski definition) is 4. The van der Waals surface area contributed by atoms with Crippen molar-refractivity contribution in [3.05, 3.63) is 24.3 Å². The van der Waals surface area contributed by atoms with Gasteiger partial charge < -0.3 is 25.0 Å². The first-order chi connectivity index (χ1) is 12.5. The lowest BCUT2D eigenvalue weighted by atomic mass is 10.2. The highest BCUT2D eigenvalue weighted by Gasteiger charge is 2.32. The maximum atomic E-state index is 6.00. The first-order valence-corrected chi connectivity index (χ1v) is 9.53. The molecule has 0 aliphatic heterocycles. The standard InChI is InChI=1S/C20H34N4O2.HI/c1-6-21-20(23-14-17(24(3)4)16-11-12-16)22-13-15(2)26-19-10-8-7-9-18(19)25-5;/h7-10,15-17H,6,11-14H2,1-5H3,(H2,21,22,23);1H. The summed E-state index contributed by atoms with van der Waals surface area (Å²) in [5.41, 5.74) is 0. The molecule has 2 rings (SSSR count). The van der Waals surface area contributed by atoms with Crippen molar-refractivity contribution in [1.82, 2.24) is 15.5 Å². The van der Waals surface area contributed by atoms with Crippen molar-refractivity contribution >= 4 is 29.9 Å².